The van der Waals surface area contributed by atoms with Crippen molar-refractivity contribution in [3.8, 4) is 11.5 Å². The van der Waals surface area contributed by atoms with Crippen LogP contribution < -0.4 is 19.7 Å². The Kier molecular flexibility index (Phi) is 13.6. The number of nitro benzene ring substituents is 1. The minimum Gasteiger partial charge on any atom is -0.453 e. The molecule has 1 atom stereocenters. The summed E-state index contributed by atoms with van der Waals surface area (Å²) < 4.78 is 57.1. The van der Waals surface area contributed by atoms with Crippen molar-refractivity contribution in [3.05, 3.63) is 123 Å². The molecule has 354 valence electrons. The van der Waals surface area contributed by atoms with Gasteiger partial charge in [-0.2, -0.15) is 0 Å². The van der Waals surface area contributed by atoms with Gasteiger partial charge in [-0.05, 0) is 117 Å². The predicted molar refractivity (Wildman–Crippen MR) is 259 cm³/mol. The highest BCUT2D eigenvalue weighted by atomic mass is 35.5. The Morgan fingerprint density at radius 1 is 0.970 bits per heavy atom. The van der Waals surface area contributed by atoms with Gasteiger partial charge in [-0.3, -0.25) is 24.7 Å². The van der Waals surface area contributed by atoms with Crippen molar-refractivity contribution in [2.75, 3.05) is 69.2 Å². The average Bonchev–Trinajstić information content (AvgIpc) is 3.77. The number of allylic oxidation sites excluding steroid dienone is 1. The van der Waals surface area contributed by atoms with Gasteiger partial charge in [0.25, 0.3) is 21.6 Å². The number of nitrogens with one attached hydrogen (secondary N) is 3. The van der Waals surface area contributed by atoms with E-state index in [9.17, 15) is 23.3 Å². The number of H-pyrrole nitrogens is 1. The van der Waals surface area contributed by atoms with Crippen LogP contribution in [-0.2, 0) is 14.8 Å². The number of rotatable bonds is 13. The number of benzene rings is 4. The van der Waals surface area contributed by atoms with Gasteiger partial charge in [0.1, 0.15) is 11.4 Å². The van der Waals surface area contributed by atoms with Crippen molar-refractivity contribution in [2.24, 2.45) is 5.41 Å². The zero-order valence-corrected chi connectivity index (χ0v) is 39.4. The van der Waals surface area contributed by atoms with Gasteiger partial charge in [0, 0.05) is 111 Å². The number of ether oxygens (including phenoxy) is 2. The number of anilines is 2. The number of halogens is 2. The number of aromatic nitrogens is 1. The molecule has 1 amide bonds. The van der Waals surface area contributed by atoms with Crippen molar-refractivity contribution in [1.82, 2.24) is 19.5 Å². The van der Waals surface area contributed by atoms with Crippen LogP contribution in [0.3, 0.4) is 0 Å². The molecule has 0 saturated carbocycles. The maximum Gasteiger partial charge on any atom is 0.293 e. The second-order valence-electron chi connectivity index (χ2n) is 19.0. The number of sulfonamides is 1. The van der Waals surface area contributed by atoms with Crippen LogP contribution in [0.15, 0.2) is 95.5 Å². The van der Waals surface area contributed by atoms with E-state index in [1.807, 2.05) is 12.1 Å². The lowest BCUT2D eigenvalue weighted by Crippen LogP contribution is -2.48. The summed E-state index contributed by atoms with van der Waals surface area (Å²) in [5, 5.41) is 17.1. The molecule has 17 heteroatoms. The molecule has 1 aliphatic carbocycles. The molecule has 9 rings (SSSR count). The number of aromatic amines is 1. The Morgan fingerprint density at radius 2 is 1.75 bits per heavy atom. The molecule has 0 spiro atoms. The molecule has 1 aromatic heterocycles. The molecule has 5 aromatic rings. The van der Waals surface area contributed by atoms with Gasteiger partial charge in [0.05, 0.1) is 15.4 Å². The van der Waals surface area contributed by atoms with Gasteiger partial charge >= 0.3 is 0 Å². The van der Waals surface area contributed by atoms with E-state index in [0.29, 0.717) is 60.5 Å². The summed E-state index contributed by atoms with van der Waals surface area (Å²) in [6.07, 6.45) is 8.40. The van der Waals surface area contributed by atoms with E-state index in [0.717, 1.165) is 77.2 Å². The summed E-state index contributed by atoms with van der Waals surface area (Å²) in [6.45, 7) is 11.4. The van der Waals surface area contributed by atoms with Gasteiger partial charge in [-0.1, -0.05) is 43.2 Å². The van der Waals surface area contributed by atoms with Crippen LogP contribution in [-0.4, -0.2) is 105 Å². The van der Waals surface area contributed by atoms with Gasteiger partial charge in [-0.25, -0.2) is 17.5 Å². The first-order valence-electron chi connectivity index (χ1n) is 23.1. The molecule has 4 heterocycles. The zero-order valence-electron chi connectivity index (χ0n) is 37.9. The maximum atomic E-state index is 15.5. The lowest BCUT2D eigenvalue weighted by Gasteiger charge is -2.40. The van der Waals surface area contributed by atoms with E-state index in [1.165, 1.54) is 47.0 Å². The van der Waals surface area contributed by atoms with E-state index in [1.54, 1.807) is 24.4 Å². The van der Waals surface area contributed by atoms with Crippen LogP contribution >= 0.6 is 11.6 Å². The fraction of sp³-hybridized carbons (Fsp3) is 0.420. The summed E-state index contributed by atoms with van der Waals surface area (Å²) in [6, 6.07) is 21.4. The highest BCUT2D eigenvalue weighted by Gasteiger charge is 2.32. The maximum absolute atomic E-state index is 15.5. The first-order valence-corrected chi connectivity index (χ1v) is 25.0. The Morgan fingerprint density at radius 3 is 2.51 bits per heavy atom. The van der Waals surface area contributed by atoms with Crippen LogP contribution in [0.2, 0.25) is 5.02 Å². The van der Waals surface area contributed by atoms with Crippen LogP contribution in [0, 0.1) is 21.3 Å². The van der Waals surface area contributed by atoms with Crippen molar-refractivity contribution in [2.45, 2.75) is 75.8 Å². The summed E-state index contributed by atoms with van der Waals surface area (Å²) >= 11 is 6.25. The van der Waals surface area contributed by atoms with Gasteiger partial charge in [-0.15, -0.1) is 0 Å². The number of nitro groups is 1. The number of carbonyl (C=O) groups is 1. The van der Waals surface area contributed by atoms with Crippen LogP contribution in [0.1, 0.15) is 74.7 Å². The monoisotopic (exact) mass is 953 g/mol. The number of piperazine rings is 1. The van der Waals surface area contributed by atoms with Crippen LogP contribution in [0.25, 0.3) is 16.5 Å². The molecule has 3 aliphatic heterocycles. The summed E-state index contributed by atoms with van der Waals surface area (Å²) in [5.41, 5.74) is 5.11. The molecule has 4 aromatic carbocycles. The lowest BCUT2D eigenvalue weighted by atomic mass is 9.72. The Bertz CT molecular complexity index is 2790. The number of nitrogens with zero attached hydrogens (tertiary/aromatic N) is 4. The quantitative estimate of drug-likeness (QED) is 0.0761. The largest absolute Gasteiger partial charge is 0.453 e. The third-order valence-corrected chi connectivity index (χ3v) is 15.4. The third kappa shape index (κ3) is 10.8. The number of piperidine rings is 1. The number of carbonyl (C=O) groups excluding carboxylic acids is 1. The second kappa shape index (κ2) is 19.6. The third-order valence-electron chi connectivity index (χ3n) is 13.8. The van der Waals surface area contributed by atoms with E-state index < -0.39 is 37.3 Å². The average molecular weight is 955 g/mol. The van der Waals surface area contributed by atoms with Gasteiger partial charge < -0.3 is 24.7 Å². The Hall–Kier alpha value is -5.52. The Balaban J connectivity index is 0.929. The lowest BCUT2D eigenvalue weighted by molar-refractivity contribution is -0.384. The summed E-state index contributed by atoms with van der Waals surface area (Å²) in [4.78, 5) is 35.3. The van der Waals surface area contributed by atoms with Crippen molar-refractivity contribution in [1.29, 1.82) is 0 Å². The number of likely N-dealkylation sites (tertiary alicyclic amines) is 1. The molecule has 0 unspecified atom stereocenters. The molecule has 3 fully saturated rings. The number of fused-ring (bicyclic) bond motifs is 1. The molecule has 0 bridgehead atoms. The first-order chi connectivity index (χ1) is 32.2. The molecular formula is C50H57ClFN7O7S. The van der Waals surface area contributed by atoms with Gasteiger partial charge in [0.2, 0.25) is 0 Å². The highest BCUT2D eigenvalue weighted by molar-refractivity contribution is 7.90. The van der Waals surface area contributed by atoms with Crippen LogP contribution in [0.5, 0.6) is 11.5 Å². The fourth-order valence-electron chi connectivity index (χ4n) is 10.0. The molecule has 67 heavy (non-hydrogen) atoms. The molecule has 3 N–H and O–H groups in total. The summed E-state index contributed by atoms with van der Waals surface area (Å²) in [5.74, 6) is -1.94. The minimum atomic E-state index is -4.65. The SMILES string of the molecule is CC1(C)CCC(CN2CCN(c3ccc(C(=O)NS(=O)(=O)c4ccc(N[C@H]5CCCN(C6CCOCC6)C5)c([N+](=O)[O-])c4)c(Oc4cc5cc[nH]c5cc4F)c3)CC2)=C(c2ccc(Cl)cc2)C1. The first kappa shape index (κ1) is 46.6. The highest BCUT2D eigenvalue weighted by Crippen LogP contribution is 2.44. The van der Waals surface area contributed by atoms with Crippen molar-refractivity contribution < 1.29 is 32.0 Å². The molecule has 0 radical (unpaired) electrons. The van der Waals surface area contributed by atoms with Crippen molar-refractivity contribution in [3.63, 3.8) is 0 Å². The topological polar surface area (TPSA) is 162 Å². The predicted octanol–water partition coefficient (Wildman–Crippen LogP) is 9.62. The van der Waals surface area contributed by atoms with E-state index in [4.69, 9.17) is 21.1 Å². The van der Waals surface area contributed by atoms with E-state index in [2.05, 4.69) is 55.7 Å². The van der Waals surface area contributed by atoms with Crippen molar-refractivity contribution >= 4 is 61.1 Å². The van der Waals surface area contributed by atoms with E-state index in [-0.39, 0.29) is 34.2 Å². The fourth-order valence-corrected chi connectivity index (χ4v) is 11.2. The standard InChI is InChI=1S/C50H57ClFN7O7S/c1-50(2)17-13-35(42(30-50)33-5-7-36(51)8-6-33)31-56-20-22-57(23-21-56)39-9-11-41(47(27-39)66-48-26-34-14-18-53-45(34)29-43(48)52)49(60)55-67(63,64)40-10-12-44(46(28-40)59(61)62)54-37-4-3-19-58(32-37)38-15-24-65-25-16-38/h5-12,14,18,26-29,37-38,53-54H,3-4,13,15-17,19-25,30-32H2,1-2H3,(H,55,60)/t37-/m0/s1. The molecule has 14 nitrogen and oxygen atoms in total. The normalized spacial score (nSPS) is 19.9. The van der Waals surface area contributed by atoms with Gasteiger partial charge in [0.15, 0.2) is 11.6 Å². The summed E-state index contributed by atoms with van der Waals surface area (Å²) in [7, 11) is -4.65. The Labute approximate surface area is 395 Å². The van der Waals surface area contributed by atoms with Crippen LogP contribution in [0.4, 0.5) is 21.5 Å². The zero-order chi connectivity index (χ0) is 46.9. The second-order valence-corrected chi connectivity index (χ2v) is 21.1. The number of hydrogen-bond acceptors (Lipinski definition) is 11. The smallest absolute Gasteiger partial charge is 0.293 e. The molecular weight excluding hydrogens is 897 g/mol. The molecule has 3 saturated heterocycles. The number of hydrogen-bond donors (Lipinski definition) is 3. The number of amides is 1. The minimum absolute atomic E-state index is 0.0585. The molecule has 4 aliphatic rings. The van der Waals surface area contributed by atoms with E-state index >= 15 is 4.39 Å².